The van der Waals surface area contributed by atoms with Crippen molar-refractivity contribution in [3.05, 3.63) is 27.2 Å². The highest BCUT2D eigenvalue weighted by atomic mass is 79.9. The molecule has 0 amide bonds. The summed E-state index contributed by atoms with van der Waals surface area (Å²) in [4.78, 5) is 5.18. The van der Waals surface area contributed by atoms with E-state index in [9.17, 15) is 4.39 Å². The van der Waals surface area contributed by atoms with Gasteiger partial charge in [-0.15, -0.1) is 0 Å². The molecule has 1 aliphatic rings. The van der Waals surface area contributed by atoms with Gasteiger partial charge in [0.25, 0.3) is 0 Å². The molecule has 1 aromatic carbocycles. The summed E-state index contributed by atoms with van der Waals surface area (Å²) in [6, 6.07) is 3.01. The fourth-order valence-corrected chi connectivity index (χ4v) is 4.59. The van der Waals surface area contributed by atoms with Crippen molar-refractivity contribution in [2.75, 3.05) is 0 Å². The molecule has 124 valence electrons. The molecule has 1 aliphatic heterocycles. The molecule has 2 heterocycles. The van der Waals surface area contributed by atoms with Gasteiger partial charge in [0.15, 0.2) is 5.16 Å². The normalized spacial score (nSPS) is 16.9. The van der Waals surface area contributed by atoms with Crippen LogP contribution in [-0.2, 0) is 6.54 Å². The van der Waals surface area contributed by atoms with Gasteiger partial charge in [0.1, 0.15) is 17.3 Å². The van der Waals surface area contributed by atoms with Crippen LogP contribution in [0.1, 0.15) is 27.7 Å². The average molecular weight is 418 g/mol. The van der Waals surface area contributed by atoms with E-state index in [1.165, 1.54) is 17.6 Å². The van der Waals surface area contributed by atoms with E-state index in [0.717, 1.165) is 11.7 Å². The maximum atomic E-state index is 14.3. The fourth-order valence-electron chi connectivity index (χ4n) is 2.26. The van der Waals surface area contributed by atoms with Crippen LogP contribution in [0.4, 0.5) is 10.1 Å². The molecule has 0 unspecified atom stereocenters. The lowest BCUT2D eigenvalue weighted by molar-refractivity contribution is 0.240. The SMILES string of the molecule is CC(C)Oc1cc(N=c2snc3n2CC(C)(C)S3)c(F)cc1Br. The molecule has 2 aromatic rings. The predicted molar refractivity (Wildman–Crippen MR) is 95.1 cm³/mol. The van der Waals surface area contributed by atoms with Crippen LogP contribution in [-0.4, -0.2) is 19.8 Å². The second-order valence-electron chi connectivity index (χ2n) is 6.21. The van der Waals surface area contributed by atoms with Crippen molar-refractivity contribution in [2.45, 2.75) is 50.2 Å². The van der Waals surface area contributed by atoms with Gasteiger partial charge in [0.2, 0.25) is 4.80 Å². The first kappa shape index (κ1) is 17.0. The molecular formula is C15H17BrFN3OS2. The molecule has 1 aromatic heterocycles. The van der Waals surface area contributed by atoms with E-state index in [1.54, 1.807) is 17.8 Å². The number of ether oxygens (including phenoxy) is 1. The Kier molecular flexibility index (Phi) is 4.59. The van der Waals surface area contributed by atoms with Crippen LogP contribution in [0.15, 0.2) is 26.8 Å². The van der Waals surface area contributed by atoms with Gasteiger partial charge in [-0.3, -0.25) is 4.57 Å². The zero-order valence-electron chi connectivity index (χ0n) is 13.3. The second kappa shape index (κ2) is 6.22. The molecule has 0 atom stereocenters. The highest BCUT2D eigenvalue weighted by Crippen LogP contribution is 2.39. The topological polar surface area (TPSA) is 39.4 Å². The van der Waals surface area contributed by atoms with Crippen molar-refractivity contribution >= 4 is 44.9 Å². The average Bonchev–Trinajstić information content (AvgIpc) is 2.91. The number of hydrogen-bond donors (Lipinski definition) is 0. The molecule has 8 heteroatoms. The van der Waals surface area contributed by atoms with Gasteiger partial charge in [0.05, 0.1) is 10.6 Å². The van der Waals surface area contributed by atoms with Gasteiger partial charge in [-0.25, -0.2) is 9.38 Å². The molecule has 3 rings (SSSR count). The summed E-state index contributed by atoms with van der Waals surface area (Å²) < 4.78 is 27.1. The number of nitrogens with zero attached hydrogens (tertiary/aromatic N) is 3. The van der Waals surface area contributed by atoms with E-state index in [1.807, 2.05) is 18.4 Å². The number of halogens is 2. The van der Waals surface area contributed by atoms with Crippen LogP contribution in [0, 0.1) is 5.82 Å². The van der Waals surface area contributed by atoms with Crippen molar-refractivity contribution in [3.63, 3.8) is 0 Å². The summed E-state index contributed by atoms with van der Waals surface area (Å²) in [6.07, 6.45) is 0.00355. The molecule has 0 bridgehead atoms. The minimum atomic E-state index is -0.388. The molecule has 0 spiro atoms. The Balaban J connectivity index is 2.04. The molecule has 0 saturated heterocycles. The van der Waals surface area contributed by atoms with Crippen LogP contribution in [0.2, 0.25) is 0 Å². The van der Waals surface area contributed by atoms with Crippen molar-refractivity contribution in [3.8, 4) is 5.75 Å². The lowest BCUT2D eigenvalue weighted by Gasteiger charge is -2.13. The van der Waals surface area contributed by atoms with Gasteiger partial charge in [-0.05, 0) is 49.7 Å². The molecule has 0 radical (unpaired) electrons. The maximum Gasteiger partial charge on any atom is 0.210 e. The number of thioether (sulfide) groups is 1. The third-order valence-corrected chi connectivity index (χ3v) is 5.80. The van der Waals surface area contributed by atoms with Crippen LogP contribution in [0.25, 0.3) is 0 Å². The second-order valence-corrected chi connectivity index (χ2v) is 9.47. The lowest BCUT2D eigenvalue weighted by atomic mass is 10.2. The minimum absolute atomic E-state index is 0.00355. The Bertz CT molecular complexity index is 814. The Morgan fingerprint density at radius 1 is 1.43 bits per heavy atom. The lowest BCUT2D eigenvalue weighted by Crippen LogP contribution is -2.21. The first-order valence-electron chi connectivity index (χ1n) is 7.21. The summed E-state index contributed by atoms with van der Waals surface area (Å²) in [5, 5.41) is 0.940. The van der Waals surface area contributed by atoms with E-state index in [4.69, 9.17) is 4.74 Å². The third-order valence-electron chi connectivity index (χ3n) is 3.15. The summed E-state index contributed by atoms with van der Waals surface area (Å²) in [7, 11) is 0. The summed E-state index contributed by atoms with van der Waals surface area (Å²) in [5.41, 5.74) is 0.262. The Labute approximate surface area is 151 Å². The van der Waals surface area contributed by atoms with Crippen LogP contribution in [0.3, 0.4) is 0 Å². The molecule has 0 fully saturated rings. The number of benzene rings is 1. The smallest absolute Gasteiger partial charge is 0.210 e. The summed E-state index contributed by atoms with van der Waals surface area (Å²) in [5.74, 6) is 0.196. The summed E-state index contributed by atoms with van der Waals surface area (Å²) in [6.45, 7) is 9.00. The first-order chi connectivity index (χ1) is 10.7. The van der Waals surface area contributed by atoms with Crippen LogP contribution < -0.4 is 9.54 Å². The predicted octanol–water partition coefficient (Wildman–Crippen LogP) is 4.75. The van der Waals surface area contributed by atoms with E-state index in [-0.39, 0.29) is 22.4 Å². The van der Waals surface area contributed by atoms with Gasteiger partial charge in [-0.1, -0.05) is 11.8 Å². The first-order valence-corrected chi connectivity index (χ1v) is 9.59. The van der Waals surface area contributed by atoms with Crippen molar-refractivity contribution < 1.29 is 9.13 Å². The zero-order chi connectivity index (χ0) is 16.8. The largest absolute Gasteiger partial charge is 0.490 e. The van der Waals surface area contributed by atoms with Gasteiger partial charge >= 0.3 is 0 Å². The minimum Gasteiger partial charge on any atom is -0.490 e. The molecular weight excluding hydrogens is 401 g/mol. The Morgan fingerprint density at radius 3 is 2.87 bits per heavy atom. The van der Waals surface area contributed by atoms with E-state index in [2.05, 4.69) is 39.1 Å². The molecule has 23 heavy (non-hydrogen) atoms. The Hall–Kier alpha value is -0.860. The van der Waals surface area contributed by atoms with Gasteiger partial charge < -0.3 is 4.74 Å². The number of rotatable bonds is 3. The molecule has 4 nitrogen and oxygen atoms in total. The zero-order valence-corrected chi connectivity index (χ0v) is 16.5. The number of hydrogen-bond acceptors (Lipinski definition) is 5. The highest BCUT2D eigenvalue weighted by molar-refractivity contribution is 9.10. The molecule has 0 N–H and O–H groups in total. The van der Waals surface area contributed by atoms with E-state index < -0.39 is 0 Å². The van der Waals surface area contributed by atoms with E-state index in [0.29, 0.717) is 15.0 Å². The Morgan fingerprint density at radius 2 is 2.17 bits per heavy atom. The molecule has 0 aliphatic carbocycles. The monoisotopic (exact) mass is 417 g/mol. The van der Waals surface area contributed by atoms with Crippen molar-refractivity contribution in [1.29, 1.82) is 0 Å². The standard InChI is InChI=1S/C15H17BrFN3OS2/c1-8(2)21-12-6-11(10(17)5-9(12)16)18-13-20-7-15(3,4)22-14(20)19-23-13/h5-6,8H,7H2,1-4H3. The molecule has 0 saturated carbocycles. The van der Waals surface area contributed by atoms with Gasteiger partial charge in [0, 0.05) is 28.9 Å². The fraction of sp³-hybridized carbons (Fsp3) is 0.467. The van der Waals surface area contributed by atoms with E-state index >= 15 is 0 Å². The third kappa shape index (κ3) is 3.64. The maximum absolute atomic E-state index is 14.3. The quantitative estimate of drug-likeness (QED) is 0.722. The highest BCUT2D eigenvalue weighted by Gasteiger charge is 2.31. The van der Waals surface area contributed by atoms with Gasteiger partial charge in [-0.2, -0.15) is 4.37 Å². The van der Waals surface area contributed by atoms with Crippen LogP contribution in [0.5, 0.6) is 5.75 Å². The van der Waals surface area contributed by atoms with Crippen LogP contribution >= 0.6 is 39.2 Å². The van der Waals surface area contributed by atoms with Crippen molar-refractivity contribution in [1.82, 2.24) is 8.94 Å². The summed E-state index contributed by atoms with van der Waals surface area (Å²) >= 11 is 6.33. The number of aromatic nitrogens is 2. The number of fused-ring (bicyclic) bond motifs is 1. The van der Waals surface area contributed by atoms with Crippen molar-refractivity contribution in [2.24, 2.45) is 4.99 Å².